The van der Waals surface area contributed by atoms with Crippen molar-refractivity contribution < 1.29 is 4.79 Å². The zero-order valence-corrected chi connectivity index (χ0v) is 12.4. The van der Waals surface area contributed by atoms with Gasteiger partial charge in [-0.2, -0.15) is 0 Å². The van der Waals surface area contributed by atoms with E-state index in [2.05, 4.69) is 31.1 Å². The minimum atomic E-state index is -0.209. The lowest BCUT2D eigenvalue weighted by Gasteiger charge is -2.34. The van der Waals surface area contributed by atoms with Crippen molar-refractivity contribution in [3.05, 3.63) is 24.0 Å². The first-order chi connectivity index (χ1) is 8.80. The van der Waals surface area contributed by atoms with Crippen LogP contribution in [0.1, 0.15) is 31.3 Å². The molecule has 0 saturated carbocycles. The molecule has 1 unspecified atom stereocenters. The molecule has 106 valence electrons. The molecule has 0 radical (unpaired) electrons. The number of amides is 1. The number of hydrogen-bond donors (Lipinski definition) is 2. The zero-order chi connectivity index (χ0) is 14.6. The average molecular weight is 264 g/mol. The molecule has 5 heteroatoms. The Bertz CT molecular complexity index is 445. The highest BCUT2D eigenvalue weighted by Crippen LogP contribution is 2.22. The number of aromatic nitrogens is 1. The lowest BCUT2D eigenvalue weighted by molar-refractivity contribution is 0.0822. The number of carbonyl (C=O) groups is 1. The predicted octanol–water partition coefficient (Wildman–Crippen LogP) is 1.57. The molecule has 1 rings (SSSR count). The summed E-state index contributed by atoms with van der Waals surface area (Å²) in [5.74, 6) is 0.265. The van der Waals surface area contributed by atoms with Crippen molar-refractivity contribution in [2.45, 2.75) is 26.3 Å². The number of rotatable bonds is 5. The number of carbonyl (C=O) groups excluding carboxylic acids is 1. The Labute approximate surface area is 115 Å². The average Bonchev–Trinajstić information content (AvgIpc) is 2.37. The fourth-order valence-corrected chi connectivity index (χ4v) is 1.62. The number of anilines is 1. The third-order valence-electron chi connectivity index (χ3n) is 3.51. The topological polar surface area (TPSA) is 71.2 Å². The molecule has 0 saturated heterocycles. The second-order valence-electron chi connectivity index (χ2n) is 5.53. The number of nitrogens with two attached hydrogens (primary N) is 1. The normalized spacial score (nSPS) is 14.1. The van der Waals surface area contributed by atoms with Gasteiger partial charge in [0.25, 0.3) is 5.91 Å². The standard InChI is InChI=1S/C14H24N4O/c1-10(2)14(3,9-15)17-11-6-7-16-12(8-11)13(19)18(4)5/h6-8,10H,9,15H2,1-5H3,(H,16,17). The van der Waals surface area contributed by atoms with Gasteiger partial charge in [-0.25, -0.2) is 0 Å². The highest BCUT2D eigenvalue weighted by atomic mass is 16.2. The summed E-state index contributed by atoms with van der Waals surface area (Å²) in [6, 6.07) is 3.61. The molecule has 1 aromatic rings. The van der Waals surface area contributed by atoms with Crippen LogP contribution in [0.5, 0.6) is 0 Å². The summed E-state index contributed by atoms with van der Waals surface area (Å²) in [4.78, 5) is 17.5. The Balaban J connectivity index is 2.97. The van der Waals surface area contributed by atoms with Gasteiger partial charge in [0.05, 0.1) is 0 Å². The largest absolute Gasteiger partial charge is 0.378 e. The second-order valence-corrected chi connectivity index (χ2v) is 5.53. The SMILES string of the molecule is CC(C)C(C)(CN)Nc1ccnc(C(=O)N(C)C)c1. The predicted molar refractivity (Wildman–Crippen MR) is 78.2 cm³/mol. The fraction of sp³-hybridized carbons (Fsp3) is 0.571. The molecule has 1 amide bonds. The molecule has 0 aromatic carbocycles. The van der Waals surface area contributed by atoms with E-state index in [0.717, 1.165) is 5.69 Å². The maximum atomic E-state index is 11.9. The summed E-state index contributed by atoms with van der Waals surface area (Å²) in [5, 5.41) is 3.40. The van der Waals surface area contributed by atoms with Gasteiger partial charge in [0, 0.05) is 38.1 Å². The van der Waals surface area contributed by atoms with Crippen LogP contribution < -0.4 is 11.1 Å². The van der Waals surface area contributed by atoms with E-state index in [0.29, 0.717) is 18.2 Å². The molecule has 0 bridgehead atoms. The van der Waals surface area contributed by atoms with Crippen molar-refractivity contribution in [1.82, 2.24) is 9.88 Å². The molecule has 0 aliphatic carbocycles. The molecule has 0 spiro atoms. The van der Waals surface area contributed by atoms with E-state index in [1.165, 1.54) is 4.90 Å². The van der Waals surface area contributed by atoms with Crippen LogP contribution in [0.2, 0.25) is 0 Å². The molecular formula is C14H24N4O. The molecule has 1 atom stereocenters. The Morgan fingerprint density at radius 2 is 2.16 bits per heavy atom. The quantitative estimate of drug-likeness (QED) is 0.847. The van der Waals surface area contributed by atoms with Crippen LogP contribution in [0.4, 0.5) is 5.69 Å². The first-order valence-electron chi connectivity index (χ1n) is 6.46. The van der Waals surface area contributed by atoms with Crippen LogP contribution in [-0.2, 0) is 0 Å². The van der Waals surface area contributed by atoms with Crippen molar-refractivity contribution in [1.29, 1.82) is 0 Å². The minimum absolute atomic E-state index is 0.109. The van der Waals surface area contributed by atoms with E-state index in [4.69, 9.17) is 5.73 Å². The maximum Gasteiger partial charge on any atom is 0.272 e. The Morgan fingerprint density at radius 1 is 1.53 bits per heavy atom. The lowest BCUT2D eigenvalue weighted by atomic mass is 9.88. The van der Waals surface area contributed by atoms with Gasteiger partial charge in [0.15, 0.2) is 0 Å². The molecule has 1 heterocycles. The summed E-state index contributed by atoms with van der Waals surface area (Å²) in [6.45, 7) is 6.83. The van der Waals surface area contributed by atoms with E-state index in [-0.39, 0.29) is 11.4 Å². The number of hydrogen-bond acceptors (Lipinski definition) is 4. The molecule has 0 aliphatic rings. The van der Waals surface area contributed by atoms with Gasteiger partial charge in [0.1, 0.15) is 5.69 Å². The number of nitrogens with zero attached hydrogens (tertiary/aromatic N) is 2. The Hall–Kier alpha value is -1.62. The van der Waals surface area contributed by atoms with Crippen molar-refractivity contribution in [2.75, 3.05) is 26.0 Å². The molecule has 5 nitrogen and oxygen atoms in total. The number of pyridine rings is 1. The van der Waals surface area contributed by atoms with Gasteiger partial charge < -0.3 is 16.0 Å². The van der Waals surface area contributed by atoms with Crippen LogP contribution >= 0.6 is 0 Å². The summed E-state index contributed by atoms with van der Waals surface area (Å²) >= 11 is 0. The highest BCUT2D eigenvalue weighted by Gasteiger charge is 2.26. The van der Waals surface area contributed by atoms with Crippen molar-refractivity contribution in [3.8, 4) is 0 Å². The minimum Gasteiger partial charge on any atom is -0.378 e. The van der Waals surface area contributed by atoms with Crippen LogP contribution in [-0.4, -0.2) is 42.0 Å². The Kier molecular flexibility index (Phi) is 4.89. The molecular weight excluding hydrogens is 240 g/mol. The first-order valence-corrected chi connectivity index (χ1v) is 6.46. The van der Waals surface area contributed by atoms with Gasteiger partial charge in [-0.1, -0.05) is 13.8 Å². The highest BCUT2D eigenvalue weighted by molar-refractivity contribution is 5.92. The third kappa shape index (κ3) is 3.67. The van der Waals surface area contributed by atoms with E-state index in [9.17, 15) is 4.79 Å². The summed E-state index contributed by atoms with van der Waals surface area (Å²) < 4.78 is 0. The molecule has 19 heavy (non-hydrogen) atoms. The zero-order valence-electron chi connectivity index (χ0n) is 12.4. The first kappa shape index (κ1) is 15.4. The summed E-state index contributed by atoms with van der Waals surface area (Å²) in [7, 11) is 3.42. The van der Waals surface area contributed by atoms with E-state index < -0.39 is 0 Å². The van der Waals surface area contributed by atoms with Crippen molar-refractivity contribution >= 4 is 11.6 Å². The van der Waals surface area contributed by atoms with Gasteiger partial charge >= 0.3 is 0 Å². The second kappa shape index (κ2) is 6.02. The molecule has 0 aliphatic heterocycles. The van der Waals surface area contributed by atoms with Crippen LogP contribution in [0.25, 0.3) is 0 Å². The van der Waals surface area contributed by atoms with E-state index in [1.807, 2.05) is 6.07 Å². The van der Waals surface area contributed by atoms with E-state index >= 15 is 0 Å². The van der Waals surface area contributed by atoms with Crippen molar-refractivity contribution in [2.24, 2.45) is 11.7 Å². The van der Waals surface area contributed by atoms with Gasteiger partial charge in [-0.3, -0.25) is 9.78 Å². The molecule has 3 N–H and O–H groups in total. The third-order valence-corrected chi connectivity index (χ3v) is 3.51. The van der Waals surface area contributed by atoms with Crippen molar-refractivity contribution in [3.63, 3.8) is 0 Å². The van der Waals surface area contributed by atoms with Gasteiger partial charge in [-0.05, 0) is 25.0 Å². The monoisotopic (exact) mass is 264 g/mol. The smallest absolute Gasteiger partial charge is 0.272 e. The van der Waals surface area contributed by atoms with Gasteiger partial charge in [0.2, 0.25) is 0 Å². The van der Waals surface area contributed by atoms with Crippen LogP contribution in [0.3, 0.4) is 0 Å². The summed E-state index contributed by atoms with van der Waals surface area (Å²) in [5.41, 5.74) is 6.93. The lowest BCUT2D eigenvalue weighted by Crippen LogP contribution is -2.47. The fourth-order valence-electron chi connectivity index (χ4n) is 1.62. The number of nitrogens with one attached hydrogen (secondary N) is 1. The van der Waals surface area contributed by atoms with Crippen LogP contribution in [0.15, 0.2) is 18.3 Å². The molecule has 1 aromatic heterocycles. The molecule has 0 fully saturated rings. The maximum absolute atomic E-state index is 11.9. The van der Waals surface area contributed by atoms with Gasteiger partial charge in [-0.15, -0.1) is 0 Å². The van der Waals surface area contributed by atoms with E-state index in [1.54, 1.807) is 26.4 Å². The summed E-state index contributed by atoms with van der Waals surface area (Å²) in [6.07, 6.45) is 1.64. The Morgan fingerprint density at radius 3 is 2.63 bits per heavy atom. The van der Waals surface area contributed by atoms with Crippen LogP contribution in [0, 0.1) is 5.92 Å².